The molecule has 17 heavy (non-hydrogen) atoms. The van der Waals surface area contributed by atoms with Gasteiger partial charge in [-0.2, -0.15) is 0 Å². The Balaban J connectivity index is 2.29. The van der Waals surface area contributed by atoms with Gasteiger partial charge < -0.3 is 5.32 Å². The van der Waals surface area contributed by atoms with Crippen LogP contribution in [0.2, 0.25) is 0 Å². The van der Waals surface area contributed by atoms with Crippen molar-refractivity contribution < 1.29 is 4.79 Å². The van der Waals surface area contributed by atoms with E-state index in [9.17, 15) is 4.79 Å². The highest BCUT2D eigenvalue weighted by Gasteiger charge is 2.06. The zero-order valence-electron chi connectivity index (χ0n) is 9.93. The average molecular weight is 231 g/mol. The Morgan fingerprint density at radius 1 is 1.24 bits per heavy atom. The van der Waals surface area contributed by atoms with Gasteiger partial charge in [-0.15, -0.1) is 0 Å². The van der Waals surface area contributed by atoms with Crippen molar-refractivity contribution in [1.82, 2.24) is 19.5 Å². The van der Waals surface area contributed by atoms with Crippen LogP contribution in [-0.2, 0) is 4.79 Å². The summed E-state index contributed by atoms with van der Waals surface area (Å²) >= 11 is 0. The highest BCUT2D eigenvalue weighted by molar-refractivity contribution is 5.88. The number of nitrogens with zero attached hydrogens (tertiary/aromatic N) is 4. The van der Waals surface area contributed by atoms with E-state index in [1.54, 1.807) is 23.3 Å². The molecule has 2 aromatic rings. The molecule has 0 aliphatic carbocycles. The number of amides is 1. The molecule has 2 aromatic heterocycles. The Kier molecular flexibility index (Phi) is 2.86. The third-order valence-electron chi connectivity index (χ3n) is 2.43. The number of aromatic nitrogens is 4. The summed E-state index contributed by atoms with van der Waals surface area (Å²) in [7, 11) is 0. The Labute approximate surface area is 98.7 Å². The molecule has 0 bridgehead atoms. The molecule has 0 saturated carbocycles. The Bertz CT molecular complexity index is 543. The molecule has 1 N–H and O–H groups in total. The van der Waals surface area contributed by atoms with Gasteiger partial charge in [0.25, 0.3) is 0 Å². The molecule has 0 atom stereocenters. The Morgan fingerprint density at radius 3 is 2.35 bits per heavy atom. The van der Waals surface area contributed by atoms with Gasteiger partial charge in [-0.1, -0.05) is 0 Å². The molecule has 2 heterocycles. The number of anilines is 1. The van der Waals surface area contributed by atoms with Crippen molar-refractivity contribution in [3.8, 4) is 5.95 Å². The Hall–Kier alpha value is -2.24. The van der Waals surface area contributed by atoms with E-state index < -0.39 is 0 Å². The monoisotopic (exact) mass is 231 g/mol. The zero-order valence-corrected chi connectivity index (χ0v) is 9.93. The van der Waals surface area contributed by atoms with Gasteiger partial charge in [0.15, 0.2) is 0 Å². The maximum absolute atomic E-state index is 10.8. The van der Waals surface area contributed by atoms with Crippen LogP contribution in [0, 0.1) is 13.8 Å². The molecule has 0 unspecified atom stereocenters. The summed E-state index contributed by atoms with van der Waals surface area (Å²) in [5, 5.41) is 2.61. The first-order valence-electron chi connectivity index (χ1n) is 5.18. The standard InChI is InChI=1S/C11H13N5O/c1-7-8(2)16(6-14-7)11-12-4-10(5-13-11)15-9(3)17/h4-6H,1-3H3,(H,15,17). The quantitative estimate of drug-likeness (QED) is 0.843. The Morgan fingerprint density at radius 2 is 1.88 bits per heavy atom. The van der Waals surface area contributed by atoms with E-state index in [0.29, 0.717) is 11.6 Å². The molecular formula is C11H13N5O. The molecule has 88 valence electrons. The van der Waals surface area contributed by atoms with Crippen molar-refractivity contribution in [1.29, 1.82) is 0 Å². The highest BCUT2D eigenvalue weighted by atomic mass is 16.1. The van der Waals surface area contributed by atoms with Crippen LogP contribution in [0.25, 0.3) is 5.95 Å². The summed E-state index contributed by atoms with van der Waals surface area (Å²) in [5.74, 6) is 0.396. The molecule has 0 aliphatic heterocycles. The average Bonchev–Trinajstić information content (AvgIpc) is 2.60. The molecule has 0 aliphatic rings. The number of hydrogen-bond donors (Lipinski definition) is 1. The van der Waals surface area contributed by atoms with Crippen molar-refractivity contribution in [3.63, 3.8) is 0 Å². The fourth-order valence-corrected chi connectivity index (χ4v) is 1.41. The number of nitrogens with one attached hydrogen (secondary N) is 1. The van der Waals surface area contributed by atoms with Crippen molar-refractivity contribution in [2.24, 2.45) is 0 Å². The first-order valence-corrected chi connectivity index (χ1v) is 5.18. The van der Waals surface area contributed by atoms with Crippen LogP contribution in [0.3, 0.4) is 0 Å². The molecule has 0 aromatic carbocycles. The van der Waals surface area contributed by atoms with Gasteiger partial charge in [-0.3, -0.25) is 9.36 Å². The summed E-state index contributed by atoms with van der Waals surface area (Å²) in [6.45, 7) is 5.32. The van der Waals surface area contributed by atoms with E-state index in [1.807, 2.05) is 13.8 Å². The summed E-state index contributed by atoms with van der Waals surface area (Å²) in [6, 6.07) is 0. The minimum atomic E-state index is -0.143. The minimum Gasteiger partial charge on any atom is -0.324 e. The first kappa shape index (κ1) is 11.3. The molecule has 6 nitrogen and oxygen atoms in total. The van der Waals surface area contributed by atoms with Crippen molar-refractivity contribution >= 4 is 11.6 Å². The number of hydrogen-bond acceptors (Lipinski definition) is 4. The lowest BCUT2D eigenvalue weighted by Gasteiger charge is -2.04. The maximum Gasteiger partial charge on any atom is 0.235 e. The highest BCUT2D eigenvalue weighted by Crippen LogP contribution is 2.10. The van der Waals surface area contributed by atoms with Crippen LogP contribution >= 0.6 is 0 Å². The fraction of sp³-hybridized carbons (Fsp3) is 0.273. The third kappa shape index (κ3) is 2.30. The lowest BCUT2D eigenvalue weighted by Crippen LogP contribution is -2.08. The van der Waals surface area contributed by atoms with Gasteiger partial charge in [0.2, 0.25) is 11.9 Å². The summed E-state index contributed by atoms with van der Waals surface area (Å²) < 4.78 is 1.80. The number of rotatable bonds is 2. The van der Waals surface area contributed by atoms with Gasteiger partial charge in [0.1, 0.15) is 6.33 Å². The lowest BCUT2D eigenvalue weighted by atomic mass is 10.4. The molecule has 0 fully saturated rings. The predicted octanol–water partition coefficient (Wildman–Crippen LogP) is 1.24. The van der Waals surface area contributed by atoms with Crippen LogP contribution in [0.5, 0.6) is 0 Å². The van der Waals surface area contributed by atoms with Gasteiger partial charge in [-0.25, -0.2) is 15.0 Å². The van der Waals surface area contributed by atoms with Crippen LogP contribution in [0.4, 0.5) is 5.69 Å². The second kappa shape index (κ2) is 4.32. The van der Waals surface area contributed by atoms with Crippen LogP contribution in [0.1, 0.15) is 18.3 Å². The summed E-state index contributed by atoms with van der Waals surface area (Å²) in [5.41, 5.74) is 2.52. The van der Waals surface area contributed by atoms with Crippen LogP contribution in [-0.4, -0.2) is 25.4 Å². The second-order valence-corrected chi connectivity index (χ2v) is 3.74. The van der Waals surface area contributed by atoms with Crippen molar-refractivity contribution in [2.75, 3.05) is 5.32 Å². The summed E-state index contributed by atoms with van der Waals surface area (Å²) in [4.78, 5) is 23.4. The van der Waals surface area contributed by atoms with E-state index in [4.69, 9.17) is 0 Å². The largest absolute Gasteiger partial charge is 0.324 e. The number of carbonyl (C=O) groups excluding carboxylic acids is 1. The first-order chi connectivity index (χ1) is 8.08. The third-order valence-corrected chi connectivity index (χ3v) is 2.43. The lowest BCUT2D eigenvalue weighted by molar-refractivity contribution is -0.114. The number of aryl methyl sites for hydroxylation is 1. The van der Waals surface area contributed by atoms with Gasteiger partial charge in [0.05, 0.1) is 23.8 Å². The van der Waals surface area contributed by atoms with Gasteiger partial charge >= 0.3 is 0 Å². The van der Waals surface area contributed by atoms with Gasteiger partial charge in [-0.05, 0) is 13.8 Å². The minimum absolute atomic E-state index is 0.143. The molecule has 1 amide bonds. The molecule has 0 spiro atoms. The molecule has 0 radical (unpaired) electrons. The van der Waals surface area contributed by atoms with Crippen LogP contribution in [0.15, 0.2) is 18.7 Å². The smallest absolute Gasteiger partial charge is 0.235 e. The SMILES string of the molecule is CC(=O)Nc1cnc(-n2cnc(C)c2C)nc1. The van der Waals surface area contributed by atoms with E-state index >= 15 is 0 Å². The number of imidazole rings is 1. The maximum atomic E-state index is 10.8. The molecule has 6 heteroatoms. The zero-order chi connectivity index (χ0) is 12.4. The summed E-state index contributed by atoms with van der Waals surface area (Å²) in [6.07, 6.45) is 4.81. The molecule has 0 saturated heterocycles. The normalized spacial score (nSPS) is 10.3. The fourth-order valence-electron chi connectivity index (χ4n) is 1.41. The van der Waals surface area contributed by atoms with Crippen LogP contribution < -0.4 is 5.32 Å². The molecular weight excluding hydrogens is 218 g/mol. The van der Waals surface area contributed by atoms with Crippen molar-refractivity contribution in [2.45, 2.75) is 20.8 Å². The topological polar surface area (TPSA) is 72.7 Å². The van der Waals surface area contributed by atoms with E-state index in [0.717, 1.165) is 11.4 Å². The van der Waals surface area contributed by atoms with E-state index in [-0.39, 0.29) is 5.91 Å². The van der Waals surface area contributed by atoms with Gasteiger partial charge in [0, 0.05) is 12.6 Å². The predicted molar refractivity (Wildman–Crippen MR) is 62.9 cm³/mol. The van der Waals surface area contributed by atoms with E-state index in [2.05, 4.69) is 20.3 Å². The number of carbonyl (C=O) groups is 1. The molecule has 2 rings (SSSR count). The van der Waals surface area contributed by atoms with E-state index in [1.165, 1.54) is 6.92 Å². The second-order valence-electron chi connectivity index (χ2n) is 3.74. The van der Waals surface area contributed by atoms with Crippen molar-refractivity contribution in [3.05, 3.63) is 30.1 Å².